The molecule has 110 valence electrons. The van der Waals surface area contributed by atoms with Crippen molar-refractivity contribution in [3.63, 3.8) is 0 Å². The van der Waals surface area contributed by atoms with Crippen molar-refractivity contribution in [2.45, 2.75) is 31.9 Å². The van der Waals surface area contributed by atoms with E-state index < -0.39 is 11.6 Å². The summed E-state index contributed by atoms with van der Waals surface area (Å²) in [5.41, 5.74) is 0.0485. The minimum Gasteiger partial charge on any atom is -0.489 e. The Labute approximate surface area is 119 Å². The van der Waals surface area contributed by atoms with Crippen molar-refractivity contribution >= 4 is 0 Å². The van der Waals surface area contributed by atoms with E-state index >= 15 is 0 Å². The second-order valence-electron chi connectivity index (χ2n) is 5.03. The Bertz CT molecular complexity index is 453. The molecule has 1 rings (SSSR count). The molecule has 1 aromatic carbocycles. The Morgan fingerprint density at radius 1 is 1.45 bits per heavy atom. The maximum Gasteiger partial charge on any atom is 0.137 e. The Hall–Kier alpha value is -1.61. The van der Waals surface area contributed by atoms with Crippen LogP contribution in [0.1, 0.15) is 25.8 Å². The lowest BCUT2D eigenvalue weighted by Crippen LogP contribution is -2.49. The molecule has 0 heterocycles. The van der Waals surface area contributed by atoms with E-state index in [0.717, 1.165) is 6.42 Å². The molecule has 3 N–H and O–H groups in total. The van der Waals surface area contributed by atoms with Gasteiger partial charge >= 0.3 is 0 Å². The molecule has 0 aliphatic heterocycles. The van der Waals surface area contributed by atoms with Crippen LogP contribution in [0.4, 0.5) is 0 Å². The van der Waals surface area contributed by atoms with Gasteiger partial charge in [-0.1, -0.05) is 19.1 Å². The first-order chi connectivity index (χ1) is 9.54. The number of nitriles is 1. The highest BCUT2D eigenvalue weighted by Crippen LogP contribution is 2.16. The molecule has 0 amide bonds. The normalized spacial score (nSPS) is 15.2. The van der Waals surface area contributed by atoms with Gasteiger partial charge in [0.1, 0.15) is 24.5 Å². The van der Waals surface area contributed by atoms with Crippen LogP contribution in [0.2, 0.25) is 0 Å². The second-order valence-corrected chi connectivity index (χ2v) is 5.03. The van der Waals surface area contributed by atoms with Crippen LogP contribution in [0.5, 0.6) is 5.75 Å². The maximum atomic E-state index is 9.88. The molecule has 0 saturated carbocycles. The van der Waals surface area contributed by atoms with E-state index in [4.69, 9.17) is 10.00 Å². The van der Waals surface area contributed by atoms with E-state index in [1.807, 2.05) is 19.9 Å². The summed E-state index contributed by atoms with van der Waals surface area (Å²) >= 11 is 0. The van der Waals surface area contributed by atoms with Crippen LogP contribution >= 0.6 is 0 Å². The van der Waals surface area contributed by atoms with Crippen LogP contribution in [-0.4, -0.2) is 41.6 Å². The molecule has 0 spiro atoms. The van der Waals surface area contributed by atoms with Gasteiger partial charge in [0.2, 0.25) is 0 Å². The van der Waals surface area contributed by atoms with E-state index in [9.17, 15) is 10.2 Å². The number of rotatable bonds is 8. The van der Waals surface area contributed by atoms with Crippen LogP contribution in [0, 0.1) is 11.3 Å². The number of ether oxygens (including phenoxy) is 1. The number of nitrogens with one attached hydrogen (secondary N) is 1. The van der Waals surface area contributed by atoms with E-state index in [-0.39, 0.29) is 13.2 Å². The largest absolute Gasteiger partial charge is 0.489 e. The first-order valence-corrected chi connectivity index (χ1v) is 6.70. The molecule has 0 aliphatic carbocycles. The SMILES string of the molecule is CCC(C)(CO)NCC(O)COc1ccccc1C#N. The number of aliphatic hydroxyl groups is 2. The number of para-hydroxylation sites is 1. The zero-order valence-corrected chi connectivity index (χ0v) is 12.0. The van der Waals surface area contributed by atoms with Crippen molar-refractivity contribution in [2.75, 3.05) is 19.8 Å². The lowest BCUT2D eigenvalue weighted by atomic mass is 10.0. The maximum absolute atomic E-state index is 9.88. The van der Waals surface area contributed by atoms with Crippen LogP contribution < -0.4 is 10.1 Å². The first kappa shape index (κ1) is 16.4. The second kappa shape index (κ2) is 7.85. The van der Waals surface area contributed by atoms with Gasteiger partial charge in [0, 0.05) is 12.1 Å². The smallest absolute Gasteiger partial charge is 0.137 e. The van der Waals surface area contributed by atoms with Crippen molar-refractivity contribution in [1.82, 2.24) is 5.32 Å². The molecule has 0 fully saturated rings. The molecule has 0 aromatic heterocycles. The fourth-order valence-electron chi connectivity index (χ4n) is 1.59. The van der Waals surface area contributed by atoms with E-state index in [2.05, 4.69) is 5.32 Å². The third-order valence-corrected chi connectivity index (χ3v) is 3.33. The third kappa shape index (κ3) is 4.82. The van der Waals surface area contributed by atoms with Gasteiger partial charge in [-0.2, -0.15) is 5.26 Å². The predicted molar refractivity (Wildman–Crippen MR) is 76.4 cm³/mol. The van der Waals surface area contributed by atoms with Crippen LogP contribution in [-0.2, 0) is 0 Å². The molecule has 5 nitrogen and oxygen atoms in total. The average Bonchev–Trinajstić information content (AvgIpc) is 2.50. The molecular weight excluding hydrogens is 256 g/mol. The molecule has 1 aromatic rings. The summed E-state index contributed by atoms with van der Waals surface area (Å²) in [6.07, 6.45) is 0.0492. The molecule has 2 unspecified atom stereocenters. The number of benzene rings is 1. The van der Waals surface area contributed by atoms with Gasteiger partial charge in [0.05, 0.1) is 12.2 Å². The van der Waals surface area contributed by atoms with E-state index in [0.29, 0.717) is 17.9 Å². The van der Waals surface area contributed by atoms with Crippen LogP contribution in [0.25, 0.3) is 0 Å². The number of β-amino-alcohol motifs (C(OH)–C–C–N with tert-alkyl or cyclic N) is 1. The highest BCUT2D eigenvalue weighted by Gasteiger charge is 2.21. The molecule has 0 bridgehead atoms. The van der Waals surface area contributed by atoms with Crippen molar-refractivity contribution in [3.8, 4) is 11.8 Å². The standard InChI is InChI=1S/C15H22N2O3/c1-3-15(2,11-18)17-9-13(19)10-20-14-7-5-4-6-12(14)8-16/h4-7,13,17-19H,3,9-11H2,1-2H3. The third-order valence-electron chi connectivity index (χ3n) is 3.33. The summed E-state index contributed by atoms with van der Waals surface area (Å²) in [6.45, 7) is 4.28. The highest BCUT2D eigenvalue weighted by molar-refractivity contribution is 5.42. The molecule has 0 radical (unpaired) electrons. The summed E-state index contributed by atoms with van der Waals surface area (Å²) in [7, 11) is 0. The lowest BCUT2D eigenvalue weighted by Gasteiger charge is -2.28. The quantitative estimate of drug-likeness (QED) is 0.662. The van der Waals surface area contributed by atoms with Gasteiger partial charge in [0.15, 0.2) is 0 Å². The van der Waals surface area contributed by atoms with Gasteiger partial charge in [-0.3, -0.25) is 0 Å². The van der Waals surface area contributed by atoms with Crippen molar-refractivity contribution in [1.29, 1.82) is 5.26 Å². The van der Waals surface area contributed by atoms with E-state index in [1.54, 1.807) is 24.3 Å². The highest BCUT2D eigenvalue weighted by atomic mass is 16.5. The Kier molecular flexibility index (Phi) is 6.46. The first-order valence-electron chi connectivity index (χ1n) is 6.70. The summed E-state index contributed by atoms with van der Waals surface area (Å²) in [6, 6.07) is 8.94. The molecule has 2 atom stereocenters. The van der Waals surface area contributed by atoms with E-state index in [1.165, 1.54) is 0 Å². The average molecular weight is 278 g/mol. The van der Waals surface area contributed by atoms with Crippen molar-refractivity contribution in [2.24, 2.45) is 0 Å². The molecular formula is C15H22N2O3. The van der Waals surface area contributed by atoms with Gasteiger partial charge in [-0.25, -0.2) is 0 Å². The zero-order valence-electron chi connectivity index (χ0n) is 12.0. The summed E-state index contributed by atoms with van der Waals surface area (Å²) in [5, 5.41) is 31.2. The summed E-state index contributed by atoms with van der Waals surface area (Å²) in [5.74, 6) is 0.467. The Balaban J connectivity index is 2.44. The lowest BCUT2D eigenvalue weighted by molar-refractivity contribution is 0.0865. The summed E-state index contributed by atoms with van der Waals surface area (Å²) < 4.78 is 5.45. The Morgan fingerprint density at radius 3 is 2.75 bits per heavy atom. The van der Waals surface area contributed by atoms with Crippen molar-refractivity contribution < 1.29 is 14.9 Å². The predicted octanol–water partition coefficient (Wildman–Crippen LogP) is 1.05. The molecule has 5 heteroatoms. The Morgan fingerprint density at radius 2 is 2.15 bits per heavy atom. The molecule has 0 aliphatic rings. The van der Waals surface area contributed by atoms with Gasteiger partial charge in [0.25, 0.3) is 0 Å². The molecule has 0 saturated heterocycles. The monoisotopic (exact) mass is 278 g/mol. The number of hydrogen-bond donors (Lipinski definition) is 3. The van der Waals surface area contributed by atoms with Crippen molar-refractivity contribution in [3.05, 3.63) is 29.8 Å². The van der Waals surface area contributed by atoms with Crippen LogP contribution in [0.3, 0.4) is 0 Å². The van der Waals surface area contributed by atoms with Gasteiger partial charge < -0.3 is 20.3 Å². The fourth-order valence-corrected chi connectivity index (χ4v) is 1.59. The van der Waals surface area contributed by atoms with Gasteiger partial charge in [-0.05, 0) is 25.5 Å². The van der Waals surface area contributed by atoms with Gasteiger partial charge in [-0.15, -0.1) is 0 Å². The minimum atomic E-state index is -0.709. The number of nitrogens with zero attached hydrogens (tertiary/aromatic N) is 1. The zero-order chi connectivity index (χ0) is 15.0. The minimum absolute atomic E-state index is 0.00828. The van der Waals surface area contributed by atoms with Crippen LogP contribution in [0.15, 0.2) is 24.3 Å². The fraction of sp³-hybridized carbons (Fsp3) is 0.533. The topological polar surface area (TPSA) is 85.5 Å². The molecule has 20 heavy (non-hydrogen) atoms. The number of hydrogen-bond acceptors (Lipinski definition) is 5. The number of aliphatic hydroxyl groups excluding tert-OH is 2. The summed E-state index contributed by atoms with van der Waals surface area (Å²) in [4.78, 5) is 0.